The largest absolute Gasteiger partial charge is 0.480 e. The van der Waals surface area contributed by atoms with Crippen LogP contribution >= 0.6 is 7.75 Å². The number of rotatable bonds is 13. The molecule has 0 aliphatic carbocycles. The highest BCUT2D eigenvalue weighted by Gasteiger charge is 2.32. The number of carbonyl (C=O) groups excluding carboxylic acids is 1. The highest BCUT2D eigenvalue weighted by Crippen LogP contribution is 2.38. The first kappa shape index (κ1) is 28.5. The first-order valence-electron chi connectivity index (χ1n) is 12.9. The molecule has 4 rings (SSSR count). The lowest BCUT2D eigenvalue weighted by Gasteiger charge is -2.24. The number of carbonyl (C=O) groups is 2. The molecule has 0 fully saturated rings. The molecule has 1 amide bonds. The van der Waals surface area contributed by atoms with Crippen LogP contribution in [0.4, 0.5) is 0 Å². The van der Waals surface area contributed by atoms with Crippen molar-refractivity contribution in [3.05, 3.63) is 84.1 Å². The van der Waals surface area contributed by atoms with E-state index in [0.29, 0.717) is 6.42 Å². The highest BCUT2D eigenvalue weighted by atomic mass is 31.2. The Morgan fingerprint density at radius 3 is 2.46 bits per heavy atom. The topological polar surface area (TPSA) is 141 Å². The average Bonchev–Trinajstić information content (AvgIpc) is 3.30. The Balaban J connectivity index is 1.38. The average molecular weight is 552 g/mol. The SMILES string of the molecule is CC(C)C[C@H](NP(=O)(O)OCCc1ccc2ccccc2c1)C(=O)N[C@@H](Cc1c[nH]c2ccccc12)C(=O)O. The number of hydrogen-bond acceptors (Lipinski definition) is 4. The maximum atomic E-state index is 13.2. The van der Waals surface area contributed by atoms with Crippen LogP contribution in [0, 0.1) is 5.92 Å². The molecule has 3 aromatic carbocycles. The molecule has 1 unspecified atom stereocenters. The number of carboxylic acid groups (broad SMARTS) is 1. The van der Waals surface area contributed by atoms with Gasteiger partial charge in [0.2, 0.25) is 5.91 Å². The highest BCUT2D eigenvalue weighted by molar-refractivity contribution is 7.50. The van der Waals surface area contributed by atoms with E-state index in [0.717, 1.165) is 32.8 Å². The Kier molecular flexibility index (Phi) is 9.20. The summed E-state index contributed by atoms with van der Waals surface area (Å²) < 4.78 is 18.2. The van der Waals surface area contributed by atoms with Crippen molar-refractivity contribution in [1.82, 2.24) is 15.4 Å². The molecule has 0 saturated carbocycles. The number of amides is 1. The molecule has 206 valence electrons. The maximum absolute atomic E-state index is 13.2. The fourth-order valence-corrected chi connectivity index (χ4v) is 5.63. The van der Waals surface area contributed by atoms with Crippen LogP contribution in [0.5, 0.6) is 0 Å². The third-order valence-corrected chi connectivity index (χ3v) is 7.70. The lowest BCUT2D eigenvalue weighted by molar-refractivity contribution is -0.142. The zero-order chi connectivity index (χ0) is 28.0. The molecular formula is C29H34N3O6P. The molecule has 39 heavy (non-hydrogen) atoms. The van der Waals surface area contributed by atoms with Crippen molar-refractivity contribution in [2.45, 2.75) is 45.2 Å². The van der Waals surface area contributed by atoms with Gasteiger partial charge in [0.15, 0.2) is 0 Å². The Bertz CT molecular complexity index is 1500. The molecule has 1 heterocycles. The summed E-state index contributed by atoms with van der Waals surface area (Å²) >= 11 is 0. The van der Waals surface area contributed by atoms with Gasteiger partial charge in [-0.3, -0.25) is 9.32 Å². The third kappa shape index (κ3) is 7.77. The second-order valence-corrected chi connectivity index (χ2v) is 11.6. The number of benzene rings is 3. The number of aromatic nitrogens is 1. The normalized spacial score (nSPS) is 14.8. The van der Waals surface area contributed by atoms with Crippen molar-refractivity contribution in [3.63, 3.8) is 0 Å². The van der Waals surface area contributed by atoms with Crippen LogP contribution in [-0.4, -0.2) is 45.6 Å². The van der Waals surface area contributed by atoms with Gasteiger partial charge in [-0.25, -0.2) is 14.4 Å². The number of H-pyrrole nitrogens is 1. The van der Waals surface area contributed by atoms with Gasteiger partial charge in [0.05, 0.1) is 12.6 Å². The first-order valence-corrected chi connectivity index (χ1v) is 14.5. The van der Waals surface area contributed by atoms with Gasteiger partial charge >= 0.3 is 13.7 Å². The molecule has 0 bridgehead atoms. The van der Waals surface area contributed by atoms with Crippen molar-refractivity contribution in [1.29, 1.82) is 0 Å². The van der Waals surface area contributed by atoms with E-state index in [-0.39, 0.29) is 25.4 Å². The quantitative estimate of drug-likeness (QED) is 0.150. The van der Waals surface area contributed by atoms with Crippen LogP contribution in [0.25, 0.3) is 21.7 Å². The van der Waals surface area contributed by atoms with Gasteiger partial charge < -0.3 is 20.3 Å². The van der Waals surface area contributed by atoms with E-state index >= 15 is 0 Å². The molecule has 1 aromatic heterocycles. The van der Waals surface area contributed by atoms with E-state index < -0.39 is 31.7 Å². The van der Waals surface area contributed by atoms with E-state index in [1.54, 1.807) is 6.20 Å². The Morgan fingerprint density at radius 1 is 1.00 bits per heavy atom. The molecule has 10 heteroatoms. The fraction of sp³-hybridized carbons (Fsp3) is 0.310. The fourth-order valence-electron chi connectivity index (χ4n) is 4.60. The summed E-state index contributed by atoms with van der Waals surface area (Å²) in [5, 5.41) is 17.8. The predicted molar refractivity (Wildman–Crippen MR) is 151 cm³/mol. The summed E-state index contributed by atoms with van der Waals surface area (Å²) in [6.45, 7) is 3.70. The molecule has 0 radical (unpaired) electrons. The minimum absolute atomic E-state index is 0.0113. The van der Waals surface area contributed by atoms with E-state index in [2.05, 4.69) is 15.4 Å². The number of fused-ring (bicyclic) bond motifs is 2. The van der Waals surface area contributed by atoms with Crippen molar-refractivity contribution >= 4 is 41.3 Å². The smallest absolute Gasteiger partial charge is 0.403 e. The maximum Gasteiger partial charge on any atom is 0.403 e. The van der Waals surface area contributed by atoms with E-state index in [4.69, 9.17) is 4.52 Å². The van der Waals surface area contributed by atoms with Crippen LogP contribution in [0.15, 0.2) is 72.9 Å². The van der Waals surface area contributed by atoms with Gasteiger partial charge in [-0.05, 0) is 46.7 Å². The van der Waals surface area contributed by atoms with E-state index in [1.807, 2.05) is 80.6 Å². The number of hydrogen-bond donors (Lipinski definition) is 5. The monoisotopic (exact) mass is 551 g/mol. The molecule has 3 atom stereocenters. The second-order valence-electron chi connectivity index (χ2n) is 10.1. The lowest BCUT2D eigenvalue weighted by atomic mass is 10.0. The van der Waals surface area contributed by atoms with Gasteiger partial charge in [0, 0.05) is 23.5 Å². The zero-order valence-corrected chi connectivity index (χ0v) is 22.9. The Labute approximate surface area is 227 Å². The van der Waals surface area contributed by atoms with Crippen LogP contribution < -0.4 is 10.4 Å². The third-order valence-electron chi connectivity index (χ3n) is 6.53. The van der Waals surface area contributed by atoms with Crippen LogP contribution in [0.1, 0.15) is 31.4 Å². The molecule has 0 aliphatic heterocycles. The van der Waals surface area contributed by atoms with Crippen LogP contribution in [0.3, 0.4) is 0 Å². The Hall–Kier alpha value is -3.49. The number of nitrogens with one attached hydrogen (secondary N) is 3. The number of aromatic amines is 1. The molecule has 0 spiro atoms. The van der Waals surface area contributed by atoms with Crippen molar-refractivity contribution in [3.8, 4) is 0 Å². The summed E-state index contributed by atoms with van der Waals surface area (Å²) in [6.07, 6.45) is 2.40. The predicted octanol–water partition coefficient (Wildman–Crippen LogP) is 4.80. The molecule has 4 aromatic rings. The van der Waals surface area contributed by atoms with E-state index in [9.17, 15) is 24.2 Å². The van der Waals surface area contributed by atoms with Crippen LogP contribution in [-0.2, 0) is 31.5 Å². The molecule has 0 saturated heterocycles. The second kappa shape index (κ2) is 12.6. The first-order chi connectivity index (χ1) is 18.6. The molecule has 0 aliphatic rings. The Morgan fingerprint density at radius 2 is 1.72 bits per heavy atom. The van der Waals surface area contributed by atoms with Gasteiger partial charge in [0.1, 0.15) is 6.04 Å². The minimum atomic E-state index is -4.36. The zero-order valence-electron chi connectivity index (χ0n) is 22.0. The molecule has 5 N–H and O–H groups in total. The van der Waals surface area contributed by atoms with Gasteiger partial charge in [-0.2, -0.15) is 0 Å². The van der Waals surface area contributed by atoms with Gasteiger partial charge in [0.25, 0.3) is 0 Å². The molecule has 9 nitrogen and oxygen atoms in total. The summed E-state index contributed by atoms with van der Waals surface area (Å²) in [5.74, 6) is -1.89. The van der Waals surface area contributed by atoms with Gasteiger partial charge in [-0.15, -0.1) is 0 Å². The number of para-hydroxylation sites is 1. The lowest BCUT2D eigenvalue weighted by Crippen LogP contribution is -2.50. The van der Waals surface area contributed by atoms with Crippen molar-refractivity contribution in [2.75, 3.05) is 6.61 Å². The summed E-state index contributed by atoms with van der Waals surface area (Å²) in [5.41, 5.74) is 2.56. The standard InChI is InChI=1S/C29H34N3O6P/c1-19(2)15-26(28(33)31-27(29(34)35)17-23-18-30-25-10-6-5-9-24(23)25)32-39(36,37)38-14-13-20-11-12-21-7-3-4-8-22(21)16-20/h3-12,16,18-19,26-27,30H,13-15,17H2,1-2H3,(H,31,33)(H,34,35)(H2,32,36,37)/t26-,27-/m0/s1. The number of aliphatic carboxylic acids is 1. The summed E-state index contributed by atoms with van der Waals surface area (Å²) in [4.78, 5) is 38.8. The minimum Gasteiger partial charge on any atom is -0.480 e. The van der Waals surface area contributed by atoms with Gasteiger partial charge in [-0.1, -0.05) is 74.5 Å². The number of carboxylic acids is 1. The van der Waals surface area contributed by atoms with Crippen molar-refractivity contribution in [2.24, 2.45) is 5.92 Å². The summed E-state index contributed by atoms with van der Waals surface area (Å²) in [6, 6.07) is 19.0. The summed E-state index contributed by atoms with van der Waals surface area (Å²) in [7, 11) is -4.36. The molecular weight excluding hydrogens is 517 g/mol. The van der Waals surface area contributed by atoms with E-state index in [1.165, 1.54) is 0 Å². The van der Waals surface area contributed by atoms with Crippen molar-refractivity contribution < 1.29 is 28.7 Å². The van der Waals surface area contributed by atoms with Crippen LogP contribution in [0.2, 0.25) is 0 Å².